The third-order valence-electron chi connectivity index (χ3n) is 4.32. The SMILES string of the molecule is CN(C)c1nc(CNS(=O)(=O)c2ccc(F)c(Cl)c2)nc(N2CCCCC2)n1. The Kier molecular flexibility index (Phi) is 6.31. The van der Waals surface area contributed by atoms with Crippen molar-refractivity contribution in [2.45, 2.75) is 30.7 Å². The maximum Gasteiger partial charge on any atom is 0.241 e. The van der Waals surface area contributed by atoms with Gasteiger partial charge in [-0.05, 0) is 37.5 Å². The lowest BCUT2D eigenvalue weighted by atomic mass is 10.1. The molecule has 2 aromatic rings. The van der Waals surface area contributed by atoms with Crippen molar-refractivity contribution in [3.8, 4) is 0 Å². The molecule has 152 valence electrons. The van der Waals surface area contributed by atoms with E-state index >= 15 is 0 Å². The molecular formula is C17H22ClFN6O2S. The van der Waals surface area contributed by atoms with Gasteiger partial charge in [-0.3, -0.25) is 0 Å². The van der Waals surface area contributed by atoms with Gasteiger partial charge in [-0.2, -0.15) is 15.0 Å². The van der Waals surface area contributed by atoms with Crippen molar-refractivity contribution in [3.63, 3.8) is 0 Å². The Morgan fingerprint density at radius 3 is 2.54 bits per heavy atom. The Hall–Kier alpha value is -2.04. The molecule has 0 amide bonds. The lowest BCUT2D eigenvalue weighted by Gasteiger charge is -2.27. The number of nitrogens with one attached hydrogen (secondary N) is 1. The smallest absolute Gasteiger partial charge is 0.241 e. The van der Waals surface area contributed by atoms with Crippen LogP contribution in [0, 0.1) is 5.82 Å². The van der Waals surface area contributed by atoms with Gasteiger partial charge in [0.05, 0.1) is 16.5 Å². The number of hydrogen-bond acceptors (Lipinski definition) is 7. The van der Waals surface area contributed by atoms with Crippen LogP contribution in [0.3, 0.4) is 0 Å². The van der Waals surface area contributed by atoms with Crippen molar-refractivity contribution in [1.29, 1.82) is 0 Å². The van der Waals surface area contributed by atoms with E-state index in [1.165, 1.54) is 6.42 Å². The molecule has 1 aliphatic heterocycles. The van der Waals surface area contributed by atoms with E-state index in [0.29, 0.717) is 17.7 Å². The number of benzene rings is 1. The molecule has 0 atom stereocenters. The minimum Gasteiger partial charge on any atom is -0.347 e. The van der Waals surface area contributed by atoms with E-state index in [4.69, 9.17) is 11.6 Å². The number of hydrogen-bond donors (Lipinski definition) is 1. The predicted octanol–water partition coefficient (Wildman–Crippen LogP) is 2.20. The first-order valence-electron chi connectivity index (χ1n) is 8.88. The summed E-state index contributed by atoms with van der Waals surface area (Å²) in [5.74, 6) is 0.614. The van der Waals surface area contributed by atoms with Crippen molar-refractivity contribution in [1.82, 2.24) is 19.7 Å². The van der Waals surface area contributed by atoms with E-state index < -0.39 is 15.8 Å². The number of piperidine rings is 1. The number of nitrogens with zero attached hydrogens (tertiary/aromatic N) is 5. The largest absolute Gasteiger partial charge is 0.347 e. The first-order chi connectivity index (χ1) is 13.3. The fourth-order valence-corrected chi connectivity index (χ4v) is 4.05. The second kappa shape index (κ2) is 8.54. The molecule has 0 saturated carbocycles. The molecule has 0 aliphatic carbocycles. The number of rotatable bonds is 6. The zero-order valence-electron chi connectivity index (χ0n) is 15.7. The van der Waals surface area contributed by atoms with Crippen molar-refractivity contribution < 1.29 is 12.8 Å². The fourth-order valence-electron chi connectivity index (χ4n) is 2.80. The van der Waals surface area contributed by atoms with Crippen LogP contribution >= 0.6 is 11.6 Å². The summed E-state index contributed by atoms with van der Waals surface area (Å²) in [7, 11) is -0.279. The number of halogens is 2. The summed E-state index contributed by atoms with van der Waals surface area (Å²) in [6.45, 7) is 1.59. The van der Waals surface area contributed by atoms with Crippen LogP contribution in [-0.4, -0.2) is 50.6 Å². The molecule has 1 saturated heterocycles. The summed E-state index contributed by atoms with van der Waals surface area (Å²) < 4.78 is 40.7. The van der Waals surface area contributed by atoms with Gasteiger partial charge in [-0.15, -0.1) is 0 Å². The van der Waals surface area contributed by atoms with Crippen molar-refractivity contribution in [3.05, 3.63) is 34.9 Å². The normalized spacial score (nSPS) is 14.9. The molecule has 28 heavy (non-hydrogen) atoms. The third kappa shape index (κ3) is 4.86. The molecule has 0 radical (unpaired) electrons. The summed E-state index contributed by atoms with van der Waals surface area (Å²) in [6, 6.07) is 3.23. The molecule has 0 unspecified atom stereocenters. The Labute approximate surface area is 168 Å². The van der Waals surface area contributed by atoms with Gasteiger partial charge in [0.1, 0.15) is 5.82 Å². The van der Waals surface area contributed by atoms with Crippen molar-refractivity contribution in [2.75, 3.05) is 37.0 Å². The van der Waals surface area contributed by atoms with Gasteiger partial charge < -0.3 is 9.80 Å². The molecule has 0 bridgehead atoms. The molecule has 1 aromatic heterocycles. The van der Waals surface area contributed by atoms with Crippen LogP contribution in [0.5, 0.6) is 0 Å². The van der Waals surface area contributed by atoms with Gasteiger partial charge in [0, 0.05) is 27.2 Å². The van der Waals surface area contributed by atoms with E-state index in [2.05, 4.69) is 24.6 Å². The highest BCUT2D eigenvalue weighted by Gasteiger charge is 2.20. The Morgan fingerprint density at radius 1 is 1.18 bits per heavy atom. The first kappa shape index (κ1) is 20.7. The van der Waals surface area contributed by atoms with Crippen LogP contribution in [0.15, 0.2) is 23.1 Å². The molecular weight excluding hydrogens is 407 g/mol. The maximum absolute atomic E-state index is 13.3. The maximum atomic E-state index is 13.3. The summed E-state index contributed by atoms with van der Waals surface area (Å²) in [6.07, 6.45) is 3.31. The average molecular weight is 429 g/mol. The molecule has 1 aliphatic rings. The monoisotopic (exact) mass is 428 g/mol. The third-order valence-corrected chi connectivity index (χ3v) is 6.01. The lowest BCUT2D eigenvalue weighted by molar-refractivity contribution is 0.563. The zero-order chi connectivity index (χ0) is 20.3. The Morgan fingerprint density at radius 2 is 1.89 bits per heavy atom. The van der Waals surface area contributed by atoms with Gasteiger partial charge >= 0.3 is 0 Å². The minimum absolute atomic E-state index is 0.123. The van der Waals surface area contributed by atoms with Crippen molar-refractivity contribution in [2.24, 2.45) is 0 Å². The summed E-state index contributed by atoms with van der Waals surface area (Å²) in [5.41, 5.74) is 0. The Bertz CT molecular complexity index is 951. The Balaban J connectivity index is 1.82. The van der Waals surface area contributed by atoms with Crippen LogP contribution in [-0.2, 0) is 16.6 Å². The van der Waals surface area contributed by atoms with Gasteiger partial charge in [0.25, 0.3) is 0 Å². The summed E-state index contributed by atoms with van der Waals surface area (Å²) in [4.78, 5) is 16.9. The quantitative estimate of drug-likeness (QED) is 0.754. The van der Waals surface area contributed by atoms with Gasteiger partial charge in [-0.25, -0.2) is 17.5 Å². The topological polar surface area (TPSA) is 91.3 Å². The van der Waals surface area contributed by atoms with Gasteiger partial charge in [0.2, 0.25) is 21.9 Å². The van der Waals surface area contributed by atoms with E-state index in [9.17, 15) is 12.8 Å². The highest BCUT2D eigenvalue weighted by Crippen LogP contribution is 2.20. The molecule has 2 heterocycles. The predicted molar refractivity (Wildman–Crippen MR) is 106 cm³/mol. The van der Waals surface area contributed by atoms with E-state index in [1.54, 1.807) is 4.90 Å². The number of anilines is 2. The number of sulfonamides is 1. The van der Waals surface area contributed by atoms with E-state index in [-0.39, 0.29) is 16.5 Å². The summed E-state index contributed by atoms with van der Waals surface area (Å²) in [5, 5.41) is -0.259. The lowest BCUT2D eigenvalue weighted by Crippen LogP contribution is -2.33. The fraction of sp³-hybridized carbons (Fsp3) is 0.471. The first-order valence-corrected chi connectivity index (χ1v) is 10.7. The number of aromatic nitrogens is 3. The molecule has 1 fully saturated rings. The van der Waals surface area contributed by atoms with Gasteiger partial charge in [0.15, 0.2) is 5.82 Å². The van der Waals surface area contributed by atoms with Gasteiger partial charge in [-0.1, -0.05) is 11.6 Å². The van der Waals surface area contributed by atoms with E-state index in [1.807, 2.05) is 14.1 Å². The highest BCUT2D eigenvalue weighted by molar-refractivity contribution is 7.89. The molecule has 11 heteroatoms. The minimum atomic E-state index is -3.90. The molecule has 0 spiro atoms. The highest BCUT2D eigenvalue weighted by atomic mass is 35.5. The molecule has 8 nitrogen and oxygen atoms in total. The average Bonchev–Trinajstić information content (AvgIpc) is 2.69. The molecule has 1 aromatic carbocycles. The molecule has 1 N–H and O–H groups in total. The van der Waals surface area contributed by atoms with Crippen molar-refractivity contribution >= 4 is 33.5 Å². The van der Waals surface area contributed by atoms with Crippen LogP contribution < -0.4 is 14.5 Å². The second-order valence-corrected chi connectivity index (χ2v) is 8.87. The van der Waals surface area contributed by atoms with E-state index in [0.717, 1.165) is 44.1 Å². The molecule has 3 rings (SSSR count). The zero-order valence-corrected chi connectivity index (χ0v) is 17.3. The standard InChI is InChI=1S/C17H22ClFN6O2S/c1-24(2)16-21-15(22-17(23-16)25-8-4-3-5-9-25)11-20-28(26,27)12-6-7-14(19)13(18)10-12/h6-7,10,20H,3-5,8-9,11H2,1-2H3. The van der Waals surface area contributed by atoms with Crippen LogP contribution in [0.4, 0.5) is 16.3 Å². The second-order valence-electron chi connectivity index (χ2n) is 6.69. The summed E-state index contributed by atoms with van der Waals surface area (Å²) >= 11 is 5.69. The van der Waals surface area contributed by atoms with Crippen LogP contribution in [0.2, 0.25) is 5.02 Å². The van der Waals surface area contributed by atoms with Crippen LogP contribution in [0.1, 0.15) is 25.1 Å². The van der Waals surface area contributed by atoms with Crippen LogP contribution in [0.25, 0.3) is 0 Å².